The summed E-state index contributed by atoms with van der Waals surface area (Å²) in [5.41, 5.74) is 2.68. The third-order valence-corrected chi connectivity index (χ3v) is 5.69. The van der Waals surface area contributed by atoms with E-state index in [-0.39, 0.29) is 16.8 Å². The molecule has 9 heteroatoms. The highest BCUT2D eigenvalue weighted by molar-refractivity contribution is 7.14. The number of rotatable bonds is 4. The maximum absolute atomic E-state index is 12.9. The molecule has 0 fully saturated rings. The molecule has 148 valence electrons. The fourth-order valence-electron chi connectivity index (χ4n) is 3.24. The molecule has 0 aliphatic heterocycles. The molecule has 0 saturated heterocycles. The molecule has 4 aromatic rings. The summed E-state index contributed by atoms with van der Waals surface area (Å²) in [7, 11) is 1.43. The minimum absolute atomic E-state index is 0.0230. The molecule has 0 aliphatic rings. The van der Waals surface area contributed by atoms with Crippen molar-refractivity contribution < 1.29 is 9.15 Å². The monoisotopic (exact) mass is 410 g/mol. The Bertz CT molecular complexity index is 1320. The van der Waals surface area contributed by atoms with E-state index in [0.29, 0.717) is 5.01 Å². The van der Waals surface area contributed by atoms with Crippen molar-refractivity contribution in [3.63, 3.8) is 0 Å². The number of methoxy groups -OCH3 is 1. The largest absolute Gasteiger partial charge is 0.493 e. The van der Waals surface area contributed by atoms with Gasteiger partial charge in [0.05, 0.1) is 13.2 Å². The van der Waals surface area contributed by atoms with E-state index in [2.05, 4.69) is 21.2 Å². The highest BCUT2D eigenvalue weighted by atomic mass is 32.1. The topological polar surface area (TPSA) is 100 Å². The van der Waals surface area contributed by atoms with Crippen LogP contribution in [0.1, 0.15) is 29.1 Å². The Morgan fingerprint density at radius 1 is 1.14 bits per heavy atom. The van der Waals surface area contributed by atoms with Crippen LogP contribution in [0, 0.1) is 13.8 Å². The highest BCUT2D eigenvalue weighted by Crippen LogP contribution is 2.29. The van der Waals surface area contributed by atoms with Crippen molar-refractivity contribution in [1.82, 2.24) is 19.7 Å². The summed E-state index contributed by atoms with van der Waals surface area (Å²) >= 11 is 1.33. The van der Waals surface area contributed by atoms with E-state index in [1.807, 2.05) is 26.0 Å². The number of hydrogen-bond donors (Lipinski definition) is 0. The van der Waals surface area contributed by atoms with Crippen molar-refractivity contribution in [3.05, 3.63) is 67.5 Å². The molecular formula is C20H18N4O4S. The predicted octanol–water partition coefficient (Wildman–Crippen LogP) is 3.10. The number of nitrogens with zero attached hydrogens (tertiary/aromatic N) is 4. The standard InChI is InChI=1S/C20H18N4O4S/c1-10-7-11(2)9-13(8-10)18-23-22-17(29-18)12(3)24-19(25)15-16(28-20(24)26)14(27-4)5-6-21-15/h5-9,12H,1-4H3/t12-/m0/s1. The van der Waals surface area contributed by atoms with Crippen LogP contribution in [0.15, 0.2) is 44.5 Å². The SMILES string of the molecule is COc1ccnc2c(=O)n([C@@H](C)c3nnc(-c4cc(C)cc(C)c4)s3)c(=O)oc12. The van der Waals surface area contributed by atoms with Crippen molar-refractivity contribution in [2.75, 3.05) is 7.11 Å². The molecule has 0 bridgehead atoms. The summed E-state index contributed by atoms with van der Waals surface area (Å²) in [6, 6.07) is 6.99. The van der Waals surface area contributed by atoms with Crippen molar-refractivity contribution >= 4 is 22.4 Å². The van der Waals surface area contributed by atoms with Gasteiger partial charge in [0.25, 0.3) is 5.56 Å². The number of aryl methyl sites for hydroxylation is 2. The van der Waals surface area contributed by atoms with Crippen LogP contribution in [0.4, 0.5) is 0 Å². The van der Waals surface area contributed by atoms with Gasteiger partial charge in [-0.15, -0.1) is 10.2 Å². The zero-order valence-electron chi connectivity index (χ0n) is 16.3. The van der Waals surface area contributed by atoms with Crippen LogP contribution >= 0.6 is 11.3 Å². The first-order valence-electron chi connectivity index (χ1n) is 8.89. The van der Waals surface area contributed by atoms with Crippen LogP contribution in [-0.2, 0) is 0 Å². The van der Waals surface area contributed by atoms with Gasteiger partial charge in [0, 0.05) is 17.8 Å². The molecule has 8 nitrogen and oxygen atoms in total. The van der Waals surface area contributed by atoms with Crippen LogP contribution < -0.4 is 16.1 Å². The number of aromatic nitrogens is 4. The number of benzene rings is 1. The smallest absolute Gasteiger partial charge is 0.423 e. The molecule has 3 heterocycles. The lowest BCUT2D eigenvalue weighted by Crippen LogP contribution is -2.35. The molecule has 0 amide bonds. The quantitative estimate of drug-likeness (QED) is 0.509. The van der Waals surface area contributed by atoms with Crippen molar-refractivity contribution in [2.45, 2.75) is 26.8 Å². The second kappa shape index (κ2) is 7.25. The van der Waals surface area contributed by atoms with Crippen LogP contribution in [0.3, 0.4) is 0 Å². The third-order valence-electron chi connectivity index (χ3n) is 4.55. The summed E-state index contributed by atoms with van der Waals surface area (Å²) < 4.78 is 11.5. The van der Waals surface area contributed by atoms with Gasteiger partial charge < -0.3 is 9.15 Å². The van der Waals surface area contributed by atoms with E-state index < -0.39 is 17.4 Å². The number of fused-ring (bicyclic) bond motifs is 1. The Morgan fingerprint density at radius 3 is 2.55 bits per heavy atom. The molecule has 0 aliphatic carbocycles. The maximum atomic E-state index is 12.9. The first kappa shape index (κ1) is 19.0. The minimum atomic E-state index is -0.801. The second-order valence-electron chi connectivity index (χ2n) is 6.73. The van der Waals surface area contributed by atoms with Gasteiger partial charge in [0.15, 0.2) is 11.3 Å². The number of pyridine rings is 1. The van der Waals surface area contributed by atoms with Crippen LogP contribution in [-0.4, -0.2) is 26.9 Å². The average Bonchev–Trinajstić information content (AvgIpc) is 3.17. The van der Waals surface area contributed by atoms with Gasteiger partial charge in [-0.05, 0) is 32.9 Å². The first-order chi connectivity index (χ1) is 13.9. The van der Waals surface area contributed by atoms with E-state index in [4.69, 9.17) is 9.15 Å². The normalized spacial score (nSPS) is 12.3. The molecule has 0 radical (unpaired) electrons. The summed E-state index contributed by atoms with van der Waals surface area (Å²) in [5.74, 6) is -0.526. The van der Waals surface area contributed by atoms with E-state index in [1.165, 1.54) is 30.7 Å². The van der Waals surface area contributed by atoms with Crippen molar-refractivity contribution in [2.24, 2.45) is 0 Å². The van der Waals surface area contributed by atoms with Crippen molar-refractivity contribution in [1.29, 1.82) is 0 Å². The maximum Gasteiger partial charge on any atom is 0.423 e. The fraction of sp³-hybridized carbons (Fsp3) is 0.250. The predicted molar refractivity (Wildman–Crippen MR) is 110 cm³/mol. The highest BCUT2D eigenvalue weighted by Gasteiger charge is 2.22. The fourth-order valence-corrected chi connectivity index (χ4v) is 4.11. The molecule has 0 unspecified atom stereocenters. The van der Waals surface area contributed by atoms with Crippen LogP contribution in [0.25, 0.3) is 21.7 Å². The average molecular weight is 410 g/mol. The molecule has 3 aromatic heterocycles. The molecule has 4 rings (SSSR count). The Hall–Kier alpha value is -3.33. The molecule has 0 N–H and O–H groups in total. The first-order valence-corrected chi connectivity index (χ1v) is 9.71. The summed E-state index contributed by atoms with van der Waals surface area (Å²) in [6.07, 6.45) is 1.43. The molecule has 1 aromatic carbocycles. The van der Waals surface area contributed by atoms with Gasteiger partial charge in [-0.25, -0.2) is 14.3 Å². The zero-order chi connectivity index (χ0) is 20.7. The number of hydrogen-bond acceptors (Lipinski definition) is 8. The summed E-state index contributed by atoms with van der Waals surface area (Å²) in [5, 5.41) is 9.70. The third kappa shape index (κ3) is 3.33. The van der Waals surface area contributed by atoms with Gasteiger partial charge in [-0.2, -0.15) is 0 Å². The van der Waals surface area contributed by atoms with Crippen molar-refractivity contribution in [3.8, 4) is 16.3 Å². The van der Waals surface area contributed by atoms with Gasteiger partial charge >= 0.3 is 5.76 Å². The molecule has 29 heavy (non-hydrogen) atoms. The molecule has 0 saturated carbocycles. The van der Waals surface area contributed by atoms with E-state index in [9.17, 15) is 9.59 Å². The Kier molecular flexibility index (Phi) is 4.75. The van der Waals surface area contributed by atoms with E-state index >= 15 is 0 Å². The summed E-state index contributed by atoms with van der Waals surface area (Å²) in [4.78, 5) is 29.6. The lowest BCUT2D eigenvalue weighted by molar-refractivity contribution is 0.390. The van der Waals surface area contributed by atoms with E-state index in [0.717, 1.165) is 26.3 Å². The summed E-state index contributed by atoms with van der Waals surface area (Å²) in [6.45, 7) is 5.74. The van der Waals surface area contributed by atoms with Gasteiger partial charge in [0.2, 0.25) is 5.58 Å². The molecule has 1 atom stereocenters. The Labute approximate surface area is 169 Å². The minimum Gasteiger partial charge on any atom is -0.493 e. The second-order valence-corrected chi connectivity index (χ2v) is 7.74. The molecule has 0 spiro atoms. The molecular weight excluding hydrogens is 392 g/mol. The van der Waals surface area contributed by atoms with Crippen LogP contribution in [0.2, 0.25) is 0 Å². The van der Waals surface area contributed by atoms with Gasteiger partial charge in [0.1, 0.15) is 10.0 Å². The Balaban J connectivity index is 1.81. The zero-order valence-corrected chi connectivity index (χ0v) is 17.1. The van der Waals surface area contributed by atoms with Gasteiger partial charge in [-0.1, -0.05) is 28.5 Å². The van der Waals surface area contributed by atoms with Gasteiger partial charge in [-0.3, -0.25) is 4.79 Å². The Morgan fingerprint density at radius 2 is 1.86 bits per heavy atom. The van der Waals surface area contributed by atoms with E-state index in [1.54, 1.807) is 6.92 Å². The number of ether oxygens (including phenoxy) is 1. The lowest BCUT2D eigenvalue weighted by Gasteiger charge is -2.11. The lowest BCUT2D eigenvalue weighted by atomic mass is 10.1. The van der Waals surface area contributed by atoms with Crippen LogP contribution in [0.5, 0.6) is 5.75 Å².